The number of anilines is 1. The van der Waals surface area contributed by atoms with Gasteiger partial charge in [0.15, 0.2) is 0 Å². The molecule has 0 unspecified atom stereocenters. The van der Waals surface area contributed by atoms with Crippen LogP contribution in [-0.2, 0) is 21.5 Å². The first-order chi connectivity index (χ1) is 7.77. The third-order valence-corrected chi connectivity index (χ3v) is 3.29. The highest BCUT2D eigenvalue weighted by molar-refractivity contribution is 14.1. The highest BCUT2D eigenvalue weighted by atomic mass is 127. The minimum atomic E-state index is -0.321. The lowest BCUT2D eigenvalue weighted by molar-refractivity contribution is -0.144. The minimum Gasteiger partial charge on any atom is -0.465 e. The number of hydrogen-bond donors (Lipinski definition) is 1. The Kier molecular flexibility index (Phi) is 4.40. The average molecular weight is 351 g/mol. The maximum atomic E-state index is 11.4. The summed E-state index contributed by atoms with van der Waals surface area (Å²) < 4.78 is 7.28. The lowest BCUT2D eigenvalue weighted by Gasteiger charge is -2.15. The van der Waals surface area contributed by atoms with Crippen LogP contribution in [0.25, 0.3) is 0 Å². The molecule has 0 aliphatic heterocycles. The van der Waals surface area contributed by atoms with Crippen LogP contribution in [0.4, 0.5) is 5.82 Å². The molecule has 96 valence electrons. The van der Waals surface area contributed by atoms with E-state index in [4.69, 9.17) is 10.5 Å². The molecule has 0 aromatic carbocycles. The van der Waals surface area contributed by atoms with Gasteiger partial charge in [0.25, 0.3) is 0 Å². The zero-order valence-corrected chi connectivity index (χ0v) is 12.7. The van der Waals surface area contributed by atoms with Gasteiger partial charge in [-0.2, -0.15) is 5.10 Å². The zero-order valence-electron chi connectivity index (χ0n) is 10.6. The summed E-state index contributed by atoms with van der Waals surface area (Å²) in [6, 6.07) is 0. The summed E-state index contributed by atoms with van der Waals surface area (Å²) in [6.07, 6.45) is 0. The molecule has 0 saturated heterocycles. The van der Waals surface area contributed by atoms with Crippen molar-refractivity contribution in [3.63, 3.8) is 0 Å². The number of esters is 1. The molecule has 0 atom stereocenters. The Labute approximate surface area is 115 Å². The second-order valence-electron chi connectivity index (χ2n) is 4.76. The van der Waals surface area contributed by atoms with Crippen molar-refractivity contribution < 1.29 is 9.53 Å². The van der Waals surface area contributed by atoms with E-state index in [1.54, 1.807) is 6.92 Å². The van der Waals surface area contributed by atoms with E-state index >= 15 is 0 Å². The number of halogens is 1. The number of rotatable bonds is 3. The van der Waals surface area contributed by atoms with E-state index in [1.807, 2.05) is 0 Å². The van der Waals surface area contributed by atoms with Crippen LogP contribution in [0.2, 0.25) is 0 Å². The summed E-state index contributed by atoms with van der Waals surface area (Å²) in [7, 11) is 0. The van der Waals surface area contributed by atoms with Crippen molar-refractivity contribution in [3.05, 3.63) is 9.26 Å². The number of nitrogens with zero attached hydrogens (tertiary/aromatic N) is 2. The predicted molar refractivity (Wildman–Crippen MR) is 74.7 cm³/mol. The second kappa shape index (κ2) is 5.24. The fourth-order valence-electron chi connectivity index (χ4n) is 1.38. The largest absolute Gasteiger partial charge is 0.465 e. The molecular formula is C11H18IN3O2. The van der Waals surface area contributed by atoms with Crippen molar-refractivity contribution in [2.45, 2.75) is 39.7 Å². The molecule has 0 fully saturated rings. The third kappa shape index (κ3) is 3.34. The first kappa shape index (κ1) is 14.3. The highest BCUT2D eigenvalue weighted by Crippen LogP contribution is 2.29. The van der Waals surface area contributed by atoms with Gasteiger partial charge in [0.05, 0.1) is 15.9 Å². The van der Waals surface area contributed by atoms with Gasteiger partial charge in [0.1, 0.15) is 12.4 Å². The Morgan fingerprint density at radius 1 is 1.53 bits per heavy atom. The van der Waals surface area contributed by atoms with Gasteiger partial charge < -0.3 is 10.5 Å². The van der Waals surface area contributed by atoms with Crippen molar-refractivity contribution in [1.29, 1.82) is 0 Å². The lowest BCUT2D eigenvalue weighted by atomic mass is 9.92. The molecule has 5 nitrogen and oxygen atoms in total. The molecule has 1 rings (SSSR count). The van der Waals surface area contributed by atoms with Gasteiger partial charge in [-0.05, 0) is 29.5 Å². The maximum absolute atomic E-state index is 11.4. The van der Waals surface area contributed by atoms with Crippen molar-refractivity contribution >= 4 is 34.4 Å². The molecule has 0 amide bonds. The Morgan fingerprint density at radius 3 is 2.53 bits per heavy atom. The lowest BCUT2D eigenvalue weighted by Crippen LogP contribution is -2.17. The van der Waals surface area contributed by atoms with E-state index in [-0.39, 0.29) is 17.9 Å². The van der Waals surface area contributed by atoms with Gasteiger partial charge >= 0.3 is 5.97 Å². The van der Waals surface area contributed by atoms with Crippen molar-refractivity contribution in [2.75, 3.05) is 12.3 Å². The van der Waals surface area contributed by atoms with Gasteiger partial charge in [-0.15, -0.1) is 0 Å². The normalized spacial score (nSPS) is 11.6. The van der Waals surface area contributed by atoms with Crippen LogP contribution in [0.3, 0.4) is 0 Å². The van der Waals surface area contributed by atoms with E-state index in [1.165, 1.54) is 4.68 Å². The number of nitrogens with two attached hydrogens (primary N) is 1. The number of carbonyl (C=O) groups excluding carboxylic acids is 1. The molecule has 1 aromatic rings. The molecule has 0 radical (unpaired) electrons. The molecule has 0 bridgehead atoms. The molecule has 0 aliphatic carbocycles. The van der Waals surface area contributed by atoms with Crippen LogP contribution in [0, 0.1) is 3.57 Å². The third-order valence-electron chi connectivity index (χ3n) is 2.23. The number of aromatic nitrogens is 2. The minimum absolute atomic E-state index is 0.0613. The van der Waals surface area contributed by atoms with Crippen LogP contribution in [0.1, 0.15) is 33.4 Å². The van der Waals surface area contributed by atoms with E-state index in [2.05, 4.69) is 48.5 Å². The van der Waals surface area contributed by atoms with Crippen molar-refractivity contribution in [2.24, 2.45) is 0 Å². The number of hydrogen-bond acceptors (Lipinski definition) is 4. The second-order valence-corrected chi connectivity index (χ2v) is 5.84. The quantitative estimate of drug-likeness (QED) is 0.667. The molecule has 0 saturated carbocycles. The number of ether oxygens (including phenoxy) is 1. The Morgan fingerprint density at radius 2 is 2.12 bits per heavy atom. The van der Waals surface area contributed by atoms with E-state index in [9.17, 15) is 4.79 Å². The first-order valence-electron chi connectivity index (χ1n) is 5.45. The van der Waals surface area contributed by atoms with Gasteiger partial charge in [-0.1, -0.05) is 20.8 Å². The molecule has 2 N–H and O–H groups in total. The zero-order chi connectivity index (χ0) is 13.2. The smallest absolute Gasteiger partial charge is 0.327 e. The van der Waals surface area contributed by atoms with Crippen LogP contribution in [0.15, 0.2) is 0 Å². The molecule has 6 heteroatoms. The summed E-state index contributed by atoms with van der Waals surface area (Å²) >= 11 is 2.16. The fraction of sp³-hybridized carbons (Fsp3) is 0.636. The van der Waals surface area contributed by atoms with Gasteiger partial charge in [0.2, 0.25) is 0 Å². The molecule has 1 heterocycles. The standard InChI is InChI=1S/C11H18IN3O2/c1-5-17-7(16)6-15-10(13)8(12)9(14-15)11(2,3)4/h5-6,13H2,1-4H3. The highest BCUT2D eigenvalue weighted by Gasteiger charge is 2.25. The topological polar surface area (TPSA) is 70.1 Å². The molecule has 0 spiro atoms. The SMILES string of the molecule is CCOC(=O)Cn1nc(C(C)(C)C)c(I)c1N. The number of nitrogen functional groups attached to an aromatic ring is 1. The van der Waals surface area contributed by atoms with E-state index in [0.29, 0.717) is 12.4 Å². The van der Waals surface area contributed by atoms with Gasteiger partial charge in [0, 0.05) is 5.41 Å². The maximum Gasteiger partial charge on any atom is 0.327 e. The van der Waals surface area contributed by atoms with Crippen molar-refractivity contribution in [1.82, 2.24) is 9.78 Å². The molecule has 17 heavy (non-hydrogen) atoms. The van der Waals surface area contributed by atoms with Crippen LogP contribution >= 0.6 is 22.6 Å². The molecular weight excluding hydrogens is 333 g/mol. The predicted octanol–water partition coefficient (Wildman–Crippen LogP) is 1.93. The first-order valence-corrected chi connectivity index (χ1v) is 6.53. The van der Waals surface area contributed by atoms with Gasteiger partial charge in [-0.3, -0.25) is 4.79 Å². The van der Waals surface area contributed by atoms with E-state index in [0.717, 1.165) is 9.26 Å². The van der Waals surface area contributed by atoms with Crippen LogP contribution < -0.4 is 5.73 Å². The summed E-state index contributed by atoms with van der Waals surface area (Å²) in [6.45, 7) is 8.38. The van der Waals surface area contributed by atoms with Gasteiger partial charge in [-0.25, -0.2) is 4.68 Å². The van der Waals surface area contributed by atoms with Crippen LogP contribution in [-0.4, -0.2) is 22.4 Å². The summed E-state index contributed by atoms with van der Waals surface area (Å²) in [5.74, 6) is 0.196. The van der Waals surface area contributed by atoms with Crippen molar-refractivity contribution in [3.8, 4) is 0 Å². The molecule has 0 aliphatic rings. The summed E-state index contributed by atoms with van der Waals surface area (Å²) in [5, 5.41) is 4.39. The Hall–Kier alpha value is -0.790. The van der Waals surface area contributed by atoms with E-state index < -0.39 is 0 Å². The summed E-state index contributed by atoms with van der Waals surface area (Å²) in [4.78, 5) is 11.4. The number of carbonyl (C=O) groups is 1. The molecule has 1 aromatic heterocycles. The Balaban J connectivity index is 3.00. The average Bonchev–Trinajstić information content (AvgIpc) is 2.46. The van der Waals surface area contributed by atoms with Crippen LogP contribution in [0.5, 0.6) is 0 Å². The summed E-state index contributed by atoms with van der Waals surface area (Å²) in [5.41, 5.74) is 6.74. The Bertz CT molecular complexity index is 421. The fourth-order valence-corrected chi connectivity index (χ4v) is 2.58. The monoisotopic (exact) mass is 351 g/mol.